The maximum atomic E-state index is 13.0. The fourth-order valence-electron chi connectivity index (χ4n) is 3.99. The van der Waals surface area contributed by atoms with E-state index in [9.17, 15) is 14.7 Å². The summed E-state index contributed by atoms with van der Waals surface area (Å²) in [5, 5.41) is 13.2. The van der Waals surface area contributed by atoms with Gasteiger partial charge in [-0.15, -0.1) is 0 Å². The summed E-state index contributed by atoms with van der Waals surface area (Å²) in [6.45, 7) is 0.946. The number of anilines is 1. The average molecular weight is 396 g/mol. The minimum absolute atomic E-state index is 0.0812. The molecular weight excluding hydrogens is 368 g/mol. The Morgan fingerprint density at radius 3 is 2.59 bits per heavy atom. The first kappa shape index (κ1) is 19.6. The van der Waals surface area contributed by atoms with Gasteiger partial charge in [0.1, 0.15) is 5.82 Å². The Morgan fingerprint density at radius 2 is 1.93 bits per heavy atom. The lowest BCUT2D eigenvalue weighted by atomic mass is 9.85. The number of nitrogens with zero attached hydrogens (tertiary/aromatic N) is 3. The van der Waals surface area contributed by atoms with Crippen molar-refractivity contribution in [2.45, 2.75) is 37.8 Å². The zero-order valence-electron chi connectivity index (χ0n) is 17.0. The lowest BCUT2D eigenvalue weighted by Crippen LogP contribution is -2.55. The molecule has 2 fully saturated rings. The molecule has 2 aliphatic carbocycles. The number of amides is 1. The molecule has 0 atom stereocenters. The molecule has 0 radical (unpaired) electrons. The van der Waals surface area contributed by atoms with Crippen molar-refractivity contribution in [1.82, 2.24) is 15.2 Å². The van der Waals surface area contributed by atoms with Gasteiger partial charge >= 0.3 is 5.97 Å². The van der Waals surface area contributed by atoms with Crippen molar-refractivity contribution >= 4 is 28.6 Å². The molecule has 1 amide bonds. The summed E-state index contributed by atoms with van der Waals surface area (Å²) in [5.41, 5.74) is 1.43. The SMILES string of the molecule is CN(C)c1cc(C(=O)NC2CC(N(CC(=O)O)CC3CC3)C2)c2ccccc2n1. The number of rotatable bonds is 8. The molecule has 0 bridgehead atoms. The number of carbonyl (C=O) groups excluding carboxylic acids is 1. The molecule has 7 nitrogen and oxygen atoms in total. The number of carboxylic acids is 1. The first-order valence-electron chi connectivity index (χ1n) is 10.2. The highest BCUT2D eigenvalue weighted by Crippen LogP contribution is 2.34. The van der Waals surface area contributed by atoms with Crippen LogP contribution in [0, 0.1) is 5.92 Å². The van der Waals surface area contributed by atoms with Gasteiger partial charge in [-0.05, 0) is 43.7 Å². The molecule has 2 aromatic rings. The minimum Gasteiger partial charge on any atom is -0.480 e. The van der Waals surface area contributed by atoms with E-state index in [1.54, 1.807) is 0 Å². The second-order valence-corrected chi connectivity index (χ2v) is 8.50. The van der Waals surface area contributed by atoms with E-state index < -0.39 is 5.97 Å². The van der Waals surface area contributed by atoms with Crippen LogP contribution in [0.1, 0.15) is 36.0 Å². The number of hydrogen-bond acceptors (Lipinski definition) is 5. The zero-order valence-corrected chi connectivity index (χ0v) is 17.0. The van der Waals surface area contributed by atoms with Crippen molar-refractivity contribution in [3.63, 3.8) is 0 Å². The van der Waals surface area contributed by atoms with Gasteiger partial charge in [-0.3, -0.25) is 14.5 Å². The fourth-order valence-corrected chi connectivity index (χ4v) is 3.99. The van der Waals surface area contributed by atoms with Gasteiger partial charge in [-0.2, -0.15) is 0 Å². The summed E-state index contributed by atoms with van der Waals surface area (Å²) < 4.78 is 0. The van der Waals surface area contributed by atoms with Gasteiger partial charge in [0.05, 0.1) is 17.6 Å². The van der Waals surface area contributed by atoms with E-state index >= 15 is 0 Å². The van der Waals surface area contributed by atoms with Crippen LogP contribution in [0.25, 0.3) is 10.9 Å². The first-order chi connectivity index (χ1) is 13.9. The molecule has 1 aromatic carbocycles. The number of hydrogen-bond donors (Lipinski definition) is 2. The molecule has 0 saturated heterocycles. The molecule has 4 rings (SSSR count). The van der Waals surface area contributed by atoms with E-state index in [4.69, 9.17) is 0 Å². The van der Waals surface area contributed by atoms with Crippen LogP contribution in [0.2, 0.25) is 0 Å². The van der Waals surface area contributed by atoms with Crippen molar-refractivity contribution in [1.29, 1.82) is 0 Å². The smallest absolute Gasteiger partial charge is 0.317 e. The van der Waals surface area contributed by atoms with Crippen LogP contribution >= 0.6 is 0 Å². The van der Waals surface area contributed by atoms with Crippen molar-refractivity contribution in [3.05, 3.63) is 35.9 Å². The van der Waals surface area contributed by atoms with Crippen molar-refractivity contribution in [2.24, 2.45) is 5.92 Å². The molecular formula is C22H28N4O3. The van der Waals surface area contributed by atoms with Gasteiger partial charge in [-0.1, -0.05) is 18.2 Å². The maximum absolute atomic E-state index is 13.0. The van der Waals surface area contributed by atoms with E-state index in [0.717, 1.165) is 36.1 Å². The predicted molar refractivity (Wildman–Crippen MR) is 112 cm³/mol. The van der Waals surface area contributed by atoms with Gasteiger partial charge in [0, 0.05) is 38.1 Å². The molecule has 0 spiro atoms. The van der Waals surface area contributed by atoms with Gasteiger partial charge in [0.2, 0.25) is 0 Å². The number of aromatic nitrogens is 1. The van der Waals surface area contributed by atoms with Crippen molar-refractivity contribution in [3.8, 4) is 0 Å². The normalized spacial score (nSPS) is 21.1. The molecule has 0 unspecified atom stereocenters. The van der Waals surface area contributed by atoms with Crippen LogP contribution in [0.15, 0.2) is 30.3 Å². The van der Waals surface area contributed by atoms with Gasteiger partial charge in [-0.25, -0.2) is 4.98 Å². The highest BCUT2D eigenvalue weighted by atomic mass is 16.4. The third-order valence-corrected chi connectivity index (χ3v) is 5.90. The summed E-state index contributed by atoms with van der Waals surface area (Å²) >= 11 is 0. The van der Waals surface area contributed by atoms with Crippen LogP contribution in [-0.2, 0) is 4.79 Å². The number of pyridine rings is 1. The standard InChI is InChI=1S/C22H28N4O3/c1-25(2)20-11-18(17-5-3-4-6-19(17)24-20)22(29)23-15-9-16(10-15)26(13-21(27)28)12-14-7-8-14/h3-6,11,14-16H,7-10,12-13H2,1-2H3,(H,23,29)(H,27,28). The van der Waals surface area contributed by atoms with Crippen LogP contribution < -0.4 is 10.2 Å². The summed E-state index contributed by atoms with van der Waals surface area (Å²) in [4.78, 5) is 32.8. The van der Waals surface area contributed by atoms with Crippen LogP contribution in [0.4, 0.5) is 5.82 Å². The quantitative estimate of drug-likeness (QED) is 0.713. The summed E-state index contributed by atoms with van der Waals surface area (Å²) in [6, 6.07) is 9.82. The number of benzene rings is 1. The Kier molecular flexibility index (Phi) is 5.41. The van der Waals surface area contributed by atoms with Crippen LogP contribution in [0.3, 0.4) is 0 Å². The van der Waals surface area contributed by atoms with Crippen molar-refractivity contribution < 1.29 is 14.7 Å². The zero-order chi connectivity index (χ0) is 20.5. The van der Waals surface area contributed by atoms with Gasteiger partial charge in [0.15, 0.2) is 0 Å². The van der Waals surface area contributed by atoms with E-state index in [1.165, 1.54) is 12.8 Å². The third kappa shape index (κ3) is 4.50. The predicted octanol–water partition coefficient (Wildman–Crippen LogP) is 2.36. The van der Waals surface area contributed by atoms with E-state index in [0.29, 0.717) is 11.5 Å². The second-order valence-electron chi connectivity index (χ2n) is 8.50. The largest absolute Gasteiger partial charge is 0.480 e. The molecule has 1 heterocycles. The number of para-hydroxylation sites is 1. The number of nitrogens with one attached hydrogen (secondary N) is 1. The Hall–Kier alpha value is -2.67. The molecule has 1 aromatic heterocycles. The summed E-state index contributed by atoms with van der Waals surface area (Å²) in [6.07, 6.45) is 4.00. The Morgan fingerprint density at radius 1 is 1.21 bits per heavy atom. The monoisotopic (exact) mass is 396 g/mol. The van der Waals surface area contributed by atoms with Gasteiger partial charge in [0.25, 0.3) is 5.91 Å². The number of fused-ring (bicyclic) bond motifs is 1. The second kappa shape index (κ2) is 7.99. The summed E-state index contributed by atoms with van der Waals surface area (Å²) in [7, 11) is 3.82. The lowest BCUT2D eigenvalue weighted by molar-refractivity contribution is -0.139. The minimum atomic E-state index is -0.780. The molecule has 2 N–H and O–H groups in total. The molecule has 154 valence electrons. The highest BCUT2D eigenvalue weighted by Gasteiger charge is 2.38. The molecule has 2 saturated carbocycles. The van der Waals surface area contributed by atoms with E-state index in [1.807, 2.05) is 49.3 Å². The molecule has 2 aliphatic rings. The summed E-state index contributed by atoms with van der Waals surface area (Å²) in [5.74, 6) is 0.521. The van der Waals surface area contributed by atoms with Gasteiger partial charge < -0.3 is 15.3 Å². The van der Waals surface area contributed by atoms with Crippen LogP contribution in [-0.4, -0.2) is 66.1 Å². The molecule has 0 aliphatic heterocycles. The van der Waals surface area contributed by atoms with E-state index in [-0.39, 0.29) is 24.5 Å². The Labute approximate surface area is 170 Å². The number of carbonyl (C=O) groups is 2. The van der Waals surface area contributed by atoms with E-state index in [2.05, 4.69) is 15.2 Å². The van der Waals surface area contributed by atoms with Crippen molar-refractivity contribution in [2.75, 3.05) is 32.1 Å². The fraction of sp³-hybridized carbons (Fsp3) is 0.500. The topological polar surface area (TPSA) is 85.8 Å². The third-order valence-electron chi connectivity index (χ3n) is 5.90. The average Bonchev–Trinajstić information content (AvgIpc) is 3.46. The first-order valence-corrected chi connectivity index (χ1v) is 10.2. The molecule has 29 heavy (non-hydrogen) atoms. The lowest BCUT2D eigenvalue weighted by Gasteiger charge is -2.42. The maximum Gasteiger partial charge on any atom is 0.317 e. The number of carboxylic acid groups (broad SMARTS) is 1. The van der Waals surface area contributed by atoms with Crippen LogP contribution in [0.5, 0.6) is 0 Å². The number of aliphatic carboxylic acids is 1. The Bertz CT molecular complexity index is 919. The highest BCUT2D eigenvalue weighted by molar-refractivity contribution is 6.07. The Balaban J connectivity index is 1.43. The molecule has 7 heteroatoms.